The Hall–Kier alpha value is -2.86. The maximum Gasteiger partial charge on any atom is 0.253 e. The van der Waals surface area contributed by atoms with Crippen LogP contribution in [0.3, 0.4) is 0 Å². The Morgan fingerprint density at radius 1 is 1.28 bits per heavy atom. The molecule has 2 unspecified atom stereocenters. The third-order valence-corrected chi connectivity index (χ3v) is 4.29. The second-order valence-corrected chi connectivity index (χ2v) is 6.11. The zero-order valence-electron chi connectivity index (χ0n) is 13.1. The predicted octanol–water partition coefficient (Wildman–Crippen LogP) is 2.03. The molecule has 1 fully saturated rings. The second kappa shape index (κ2) is 7.36. The predicted molar refractivity (Wildman–Crippen MR) is 94.5 cm³/mol. The number of aromatic hydroxyl groups is 1. The number of hydrazone groups is 1. The SMILES string of the molecule is O=C1NCC(c2ccccc2)C1C(=O)N/N=C/c1cc(Cl)ccc1O. The van der Waals surface area contributed by atoms with Gasteiger partial charge in [0.2, 0.25) is 5.91 Å². The van der Waals surface area contributed by atoms with Gasteiger partial charge in [0, 0.05) is 23.0 Å². The monoisotopic (exact) mass is 357 g/mol. The van der Waals surface area contributed by atoms with Crippen molar-refractivity contribution in [2.75, 3.05) is 6.54 Å². The van der Waals surface area contributed by atoms with Crippen LogP contribution in [0.25, 0.3) is 0 Å². The van der Waals surface area contributed by atoms with Crippen LogP contribution in [-0.2, 0) is 9.59 Å². The lowest BCUT2D eigenvalue weighted by atomic mass is 9.88. The molecule has 128 valence electrons. The van der Waals surface area contributed by atoms with E-state index in [2.05, 4.69) is 15.8 Å². The molecule has 0 saturated carbocycles. The molecule has 25 heavy (non-hydrogen) atoms. The fourth-order valence-electron chi connectivity index (χ4n) is 2.80. The number of amides is 2. The molecule has 6 nitrogen and oxygen atoms in total. The normalized spacial score (nSPS) is 19.8. The number of nitrogens with zero attached hydrogens (tertiary/aromatic N) is 1. The Labute approximate surface area is 149 Å². The number of rotatable bonds is 4. The number of carbonyl (C=O) groups is 2. The fraction of sp³-hybridized carbons (Fsp3) is 0.167. The molecule has 3 N–H and O–H groups in total. The Morgan fingerprint density at radius 2 is 2.04 bits per heavy atom. The molecule has 1 saturated heterocycles. The molecule has 2 aromatic carbocycles. The molecule has 3 rings (SSSR count). The van der Waals surface area contributed by atoms with Crippen molar-refractivity contribution in [2.45, 2.75) is 5.92 Å². The van der Waals surface area contributed by atoms with Crippen molar-refractivity contribution in [1.82, 2.24) is 10.7 Å². The summed E-state index contributed by atoms with van der Waals surface area (Å²) in [5, 5.41) is 16.7. The minimum Gasteiger partial charge on any atom is -0.507 e. The molecule has 2 aromatic rings. The van der Waals surface area contributed by atoms with Gasteiger partial charge in [-0.15, -0.1) is 0 Å². The number of halogens is 1. The number of hydrogen-bond donors (Lipinski definition) is 3. The summed E-state index contributed by atoms with van der Waals surface area (Å²) < 4.78 is 0. The highest BCUT2D eigenvalue weighted by atomic mass is 35.5. The van der Waals surface area contributed by atoms with Crippen LogP contribution in [0.15, 0.2) is 53.6 Å². The molecule has 0 bridgehead atoms. The maximum atomic E-state index is 12.4. The highest BCUT2D eigenvalue weighted by Crippen LogP contribution is 2.29. The highest BCUT2D eigenvalue weighted by Gasteiger charge is 2.40. The Morgan fingerprint density at radius 3 is 2.80 bits per heavy atom. The van der Waals surface area contributed by atoms with Crippen LogP contribution in [0.1, 0.15) is 17.0 Å². The Balaban J connectivity index is 1.72. The summed E-state index contributed by atoms with van der Waals surface area (Å²) >= 11 is 5.85. The Kier molecular flexibility index (Phi) is 5.00. The third-order valence-electron chi connectivity index (χ3n) is 4.06. The number of nitrogens with one attached hydrogen (secondary N) is 2. The quantitative estimate of drug-likeness (QED) is 0.444. The first-order valence-corrected chi connectivity index (χ1v) is 8.08. The van der Waals surface area contributed by atoms with Crippen LogP contribution in [0, 0.1) is 5.92 Å². The second-order valence-electron chi connectivity index (χ2n) is 5.68. The van der Waals surface area contributed by atoms with Gasteiger partial charge in [0.15, 0.2) is 0 Å². The molecule has 1 heterocycles. The molecular formula is C18H16ClN3O3. The minimum absolute atomic E-state index is 0.0110. The van der Waals surface area contributed by atoms with Crippen molar-refractivity contribution < 1.29 is 14.7 Å². The lowest BCUT2D eigenvalue weighted by Gasteiger charge is -2.15. The van der Waals surface area contributed by atoms with E-state index < -0.39 is 11.8 Å². The van der Waals surface area contributed by atoms with Crippen LogP contribution in [-0.4, -0.2) is 29.7 Å². The first kappa shape index (κ1) is 17.0. The number of phenolic OH excluding ortho intramolecular Hbond substituents is 1. The lowest BCUT2D eigenvalue weighted by Crippen LogP contribution is -2.34. The summed E-state index contributed by atoms with van der Waals surface area (Å²) in [7, 11) is 0. The van der Waals surface area contributed by atoms with Gasteiger partial charge in [0.1, 0.15) is 11.7 Å². The summed E-state index contributed by atoms with van der Waals surface area (Å²) in [6.07, 6.45) is 1.28. The molecule has 2 atom stereocenters. The van der Waals surface area contributed by atoms with Crippen molar-refractivity contribution in [3.05, 3.63) is 64.7 Å². The number of hydrogen-bond acceptors (Lipinski definition) is 4. The van der Waals surface area contributed by atoms with Gasteiger partial charge in [0.05, 0.1) is 6.21 Å². The molecule has 0 spiro atoms. The molecular weight excluding hydrogens is 342 g/mol. The summed E-state index contributed by atoms with van der Waals surface area (Å²) in [6.45, 7) is 0.403. The zero-order valence-corrected chi connectivity index (χ0v) is 13.9. The van der Waals surface area contributed by atoms with Gasteiger partial charge >= 0.3 is 0 Å². The van der Waals surface area contributed by atoms with Crippen molar-refractivity contribution >= 4 is 29.6 Å². The van der Waals surface area contributed by atoms with E-state index in [0.717, 1.165) is 5.56 Å². The van der Waals surface area contributed by atoms with E-state index >= 15 is 0 Å². The topological polar surface area (TPSA) is 90.8 Å². The average Bonchev–Trinajstić information content (AvgIpc) is 3.00. The van der Waals surface area contributed by atoms with Crippen LogP contribution in [0.2, 0.25) is 5.02 Å². The average molecular weight is 358 g/mol. The largest absolute Gasteiger partial charge is 0.507 e. The smallest absolute Gasteiger partial charge is 0.253 e. The van der Waals surface area contributed by atoms with E-state index in [1.165, 1.54) is 18.3 Å². The summed E-state index contributed by atoms with van der Waals surface area (Å²) in [5.74, 6) is -1.94. The van der Waals surface area contributed by atoms with Crippen molar-refractivity contribution in [3.63, 3.8) is 0 Å². The van der Waals surface area contributed by atoms with E-state index in [4.69, 9.17) is 11.6 Å². The Bertz CT molecular complexity index is 824. The van der Waals surface area contributed by atoms with Gasteiger partial charge < -0.3 is 10.4 Å². The van der Waals surface area contributed by atoms with Crippen LogP contribution < -0.4 is 10.7 Å². The molecule has 0 aliphatic carbocycles. The van der Waals surface area contributed by atoms with Crippen LogP contribution in [0.5, 0.6) is 5.75 Å². The van der Waals surface area contributed by atoms with Gasteiger partial charge in [0.25, 0.3) is 5.91 Å². The number of benzene rings is 2. The first-order chi connectivity index (χ1) is 12.1. The van der Waals surface area contributed by atoms with Gasteiger partial charge in [-0.2, -0.15) is 5.10 Å². The van der Waals surface area contributed by atoms with Crippen LogP contribution >= 0.6 is 11.6 Å². The summed E-state index contributed by atoms with van der Waals surface area (Å²) in [6, 6.07) is 13.9. The van der Waals surface area contributed by atoms with E-state index in [1.54, 1.807) is 6.07 Å². The molecule has 0 aromatic heterocycles. The van der Waals surface area contributed by atoms with Gasteiger partial charge in [-0.1, -0.05) is 41.9 Å². The van der Waals surface area contributed by atoms with Gasteiger partial charge in [-0.3, -0.25) is 9.59 Å². The van der Waals surface area contributed by atoms with E-state index in [1.807, 2.05) is 30.3 Å². The molecule has 7 heteroatoms. The zero-order chi connectivity index (χ0) is 17.8. The summed E-state index contributed by atoms with van der Waals surface area (Å²) in [5.41, 5.74) is 3.64. The van der Waals surface area contributed by atoms with Crippen molar-refractivity contribution in [3.8, 4) is 5.75 Å². The third kappa shape index (κ3) is 3.80. The van der Waals surface area contributed by atoms with Crippen LogP contribution in [0.4, 0.5) is 0 Å². The van der Waals surface area contributed by atoms with Gasteiger partial charge in [-0.05, 0) is 23.8 Å². The lowest BCUT2D eigenvalue weighted by molar-refractivity contribution is -0.133. The van der Waals surface area contributed by atoms with Crippen molar-refractivity contribution in [1.29, 1.82) is 0 Å². The highest BCUT2D eigenvalue weighted by molar-refractivity contribution is 6.30. The minimum atomic E-state index is -0.854. The molecule has 1 aliphatic rings. The fourth-order valence-corrected chi connectivity index (χ4v) is 2.98. The van der Waals surface area contributed by atoms with E-state index in [-0.39, 0.29) is 17.6 Å². The van der Waals surface area contributed by atoms with E-state index in [0.29, 0.717) is 17.1 Å². The maximum absolute atomic E-state index is 12.4. The number of phenols is 1. The van der Waals surface area contributed by atoms with Gasteiger partial charge in [-0.25, -0.2) is 5.43 Å². The molecule has 2 amide bonds. The van der Waals surface area contributed by atoms with Crippen molar-refractivity contribution in [2.24, 2.45) is 11.0 Å². The molecule has 1 aliphatic heterocycles. The number of carbonyl (C=O) groups excluding carboxylic acids is 2. The van der Waals surface area contributed by atoms with E-state index in [9.17, 15) is 14.7 Å². The standard InChI is InChI=1S/C18H16ClN3O3/c19-13-6-7-15(23)12(8-13)9-21-22-18(25)16-14(10-20-17(16)24)11-4-2-1-3-5-11/h1-9,14,16,23H,10H2,(H,20,24)(H,22,25)/b21-9+. The first-order valence-electron chi connectivity index (χ1n) is 7.70. The molecule has 0 radical (unpaired) electrons. The summed E-state index contributed by atoms with van der Waals surface area (Å²) in [4.78, 5) is 24.5.